The first-order chi connectivity index (χ1) is 10.2. The lowest BCUT2D eigenvalue weighted by Crippen LogP contribution is -2.29. The van der Waals surface area contributed by atoms with Crippen molar-refractivity contribution in [2.45, 2.75) is 31.7 Å². The van der Waals surface area contributed by atoms with Gasteiger partial charge in [-0.05, 0) is 49.8 Å². The Balaban J connectivity index is 0.00000176. The van der Waals surface area contributed by atoms with Crippen molar-refractivity contribution in [1.82, 2.24) is 10.2 Å². The van der Waals surface area contributed by atoms with Crippen molar-refractivity contribution in [1.29, 1.82) is 0 Å². The summed E-state index contributed by atoms with van der Waals surface area (Å²) >= 11 is 0. The molecular formula is C15H21ClN4O2. The van der Waals surface area contributed by atoms with Crippen LogP contribution in [0.5, 0.6) is 0 Å². The van der Waals surface area contributed by atoms with E-state index in [2.05, 4.69) is 15.5 Å². The molecule has 1 aliphatic carbocycles. The Kier molecular flexibility index (Phi) is 5.63. The lowest BCUT2D eigenvalue weighted by Gasteiger charge is -2.26. The molecule has 0 spiro atoms. The number of nitrogens with one attached hydrogen (secondary N) is 2. The molecule has 0 aliphatic heterocycles. The third-order valence-corrected chi connectivity index (χ3v) is 4.03. The summed E-state index contributed by atoms with van der Waals surface area (Å²) in [5, 5.41) is 9.56. The quantitative estimate of drug-likeness (QED) is 0.802. The second kappa shape index (κ2) is 7.47. The van der Waals surface area contributed by atoms with Crippen LogP contribution in [0.3, 0.4) is 0 Å². The first-order valence-corrected chi connectivity index (χ1v) is 7.36. The molecule has 1 aliphatic rings. The van der Waals surface area contributed by atoms with E-state index in [1.54, 1.807) is 0 Å². The third-order valence-electron chi connectivity index (χ3n) is 4.03. The zero-order chi connectivity index (χ0) is 14.7. The summed E-state index contributed by atoms with van der Waals surface area (Å²) in [5.74, 6) is 0.450. The van der Waals surface area contributed by atoms with Crippen LogP contribution in [0.1, 0.15) is 25.7 Å². The van der Waals surface area contributed by atoms with Crippen LogP contribution >= 0.6 is 12.4 Å². The monoisotopic (exact) mass is 324 g/mol. The van der Waals surface area contributed by atoms with Crippen molar-refractivity contribution in [2.75, 3.05) is 11.9 Å². The number of anilines is 1. The Bertz CT molecular complexity index is 647. The molecule has 120 valence electrons. The van der Waals surface area contributed by atoms with Crippen molar-refractivity contribution >= 4 is 18.1 Å². The fraction of sp³-hybridized carbons (Fsp3) is 0.467. The number of benzene rings is 1. The molecule has 0 bridgehead atoms. The molecule has 0 saturated heterocycles. The number of H-pyrrole nitrogens is 1. The lowest BCUT2D eigenvalue weighted by atomic mass is 9.86. The van der Waals surface area contributed by atoms with Crippen LogP contribution in [0.15, 0.2) is 33.5 Å². The van der Waals surface area contributed by atoms with E-state index < -0.39 is 5.76 Å². The molecular weight excluding hydrogens is 304 g/mol. The summed E-state index contributed by atoms with van der Waals surface area (Å²) in [6.07, 6.45) is 4.60. The number of aromatic nitrogens is 2. The molecule has 3 rings (SSSR count). The van der Waals surface area contributed by atoms with Gasteiger partial charge in [0.25, 0.3) is 0 Å². The summed E-state index contributed by atoms with van der Waals surface area (Å²) in [7, 11) is 0. The average Bonchev–Trinajstić information content (AvgIpc) is 2.94. The highest BCUT2D eigenvalue weighted by Gasteiger charge is 2.18. The minimum absolute atomic E-state index is 0. The van der Waals surface area contributed by atoms with E-state index in [4.69, 9.17) is 10.2 Å². The molecule has 0 unspecified atom stereocenters. The minimum atomic E-state index is -0.540. The van der Waals surface area contributed by atoms with E-state index in [0.29, 0.717) is 17.9 Å². The molecule has 6 nitrogen and oxygen atoms in total. The molecule has 1 heterocycles. The number of hydrogen-bond acceptors (Lipinski definition) is 5. The number of hydrogen-bond donors (Lipinski definition) is 3. The molecule has 0 atom stereocenters. The smallest absolute Gasteiger partial charge is 0.388 e. The van der Waals surface area contributed by atoms with E-state index >= 15 is 0 Å². The van der Waals surface area contributed by atoms with Crippen molar-refractivity contribution in [3.63, 3.8) is 0 Å². The van der Waals surface area contributed by atoms with Crippen molar-refractivity contribution in [3.05, 3.63) is 34.8 Å². The van der Waals surface area contributed by atoms with Gasteiger partial charge in [-0.25, -0.2) is 9.89 Å². The molecule has 1 saturated carbocycles. The molecule has 1 aromatic carbocycles. The van der Waals surface area contributed by atoms with E-state index in [0.717, 1.165) is 30.6 Å². The van der Waals surface area contributed by atoms with Crippen molar-refractivity contribution in [3.8, 4) is 11.5 Å². The van der Waals surface area contributed by atoms with Gasteiger partial charge in [0.2, 0.25) is 5.89 Å². The van der Waals surface area contributed by atoms with Gasteiger partial charge in [0, 0.05) is 23.8 Å². The van der Waals surface area contributed by atoms with Gasteiger partial charge in [0.1, 0.15) is 0 Å². The second-order valence-corrected chi connectivity index (χ2v) is 5.66. The van der Waals surface area contributed by atoms with E-state index in [1.165, 1.54) is 12.8 Å². The Morgan fingerprint density at radius 3 is 2.77 bits per heavy atom. The minimum Gasteiger partial charge on any atom is -0.388 e. The van der Waals surface area contributed by atoms with E-state index in [-0.39, 0.29) is 12.4 Å². The Morgan fingerprint density at radius 1 is 1.32 bits per heavy atom. The zero-order valence-corrected chi connectivity index (χ0v) is 13.1. The highest BCUT2D eigenvalue weighted by atomic mass is 35.5. The maximum atomic E-state index is 11.0. The van der Waals surface area contributed by atoms with Crippen LogP contribution in [0.2, 0.25) is 0 Å². The maximum Gasteiger partial charge on any atom is 0.434 e. The van der Waals surface area contributed by atoms with Crippen molar-refractivity contribution < 1.29 is 4.42 Å². The number of halogens is 1. The standard InChI is InChI=1S/C15H20N4O2.ClH/c16-12-6-4-10(5-7-12)9-17-13-3-1-2-11(8-13)14-18-19-15(20)21-14;/h1-3,8,10,12,17H,4-7,9,16H2,(H,19,20);1H. The van der Waals surface area contributed by atoms with Crippen LogP contribution in [0.4, 0.5) is 5.69 Å². The van der Waals surface area contributed by atoms with Gasteiger partial charge in [-0.3, -0.25) is 0 Å². The Labute approximate surface area is 134 Å². The van der Waals surface area contributed by atoms with Crippen LogP contribution in [-0.2, 0) is 0 Å². The molecule has 4 N–H and O–H groups in total. The number of aromatic amines is 1. The maximum absolute atomic E-state index is 11.0. The van der Waals surface area contributed by atoms with E-state index in [9.17, 15) is 4.79 Å². The number of nitrogens with two attached hydrogens (primary N) is 1. The molecule has 2 aromatic rings. The number of nitrogens with zero attached hydrogens (tertiary/aromatic N) is 1. The fourth-order valence-corrected chi connectivity index (χ4v) is 2.77. The SMILES string of the molecule is Cl.NC1CCC(CNc2cccc(-c3n[nH]c(=O)o3)c2)CC1. The predicted molar refractivity (Wildman–Crippen MR) is 88.2 cm³/mol. The van der Waals surface area contributed by atoms with Crippen molar-refractivity contribution in [2.24, 2.45) is 11.7 Å². The first kappa shape index (κ1) is 16.6. The van der Waals surface area contributed by atoms with Gasteiger partial charge in [-0.2, -0.15) is 0 Å². The second-order valence-electron chi connectivity index (χ2n) is 5.66. The summed E-state index contributed by atoms with van der Waals surface area (Å²) in [6, 6.07) is 8.11. The molecule has 22 heavy (non-hydrogen) atoms. The molecule has 0 radical (unpaired) electrons. The Hall–Kier alpha value is -1.79. The van der Waals surface area contributed by atoms with Gasteiger partial charge in [0.05, 0.1) is 0 Å². The van der Waals surface area contributed by atoms with Crippen LogP contribution in [0, 0.1) is 5.92 Å². The summed E-state index contributed by atoms with van der Waals surface area (Å²) in [4.78, 5) is 11.0. The number of rotatable bonds is 4. The van der Waals surface area contributed by atoms with Crippen LogP contribution < -0.4 is 16.8 Å². The highest BCUT2D eigenvalue weighted by Crippen LogP contribution is 2.24. The third kappa shape index (κ3) is 4.11. The lowest BCUT2D eigenvalue weighted by molar-refractivity contribution is 0.339. The molecule has 1 fully saturated rings. The van der Waals surface area contributed by atoms with Crippen LogP contribution in [0.25, 0.3) is 11.5 Å². The van der Waals surface area contributed by atoms with Gasteiger partial charge >= 0.3 is 5.76 Å². The fourth-order valence-electron chi connectivity index (χ4n) is 2.77. The first-order valence-electron chi connectivity index (χ1n) is 7.36. The van der Waals surface area contributed by atoms with E-state index in [1.807, 2.05) is 24.3 Å². The summed E-state index contributed by atoms with van der Waals surface area (Å²) in [6.45, 7) is 0.945. The molecule has 1 aromatic heterocycles. The van der Waals surface area contributed by atoms with Gasteiger partial charge in [-0.15, -0.1) is 17.5 Å². The zero-order valence-electron chi connectivity index (χ0n) is 12.2. The largest absolute Gasteiger partial charge is 0.434 e. The normalized spacial score (nSPS) is 21.1. The van der Waals surface area contributed by atoms with Crippen LogP contribution in [-0.4, -0.2) is 22.8 Å². The van der Waals surface area contributed by atoms with Gasteiger partial charge < -0.3 is 15.5 Å². The molecule has 7 heteroatoms. The average molecular weight is 325 g/mol. The summed E-state index contributed by atoms with van der Waals surface area (Å²) in [5.41, 5.74) is 7.71. The van der Waals surface area contributed by atoms with Gasteiger partial charge in [-0.1, -0.05) is 6.07 Å². The predicted octanol–water partition coefficient (Wildman–Crippen LogP) is 2.38. The van der Waals surface area contributed by atoms with Gasteiger partial charge in [0.15, 0.2) is 0 Å². The molecule has 0 amide bonds. The highest BCUT2D eigenvalue weighted by molar-refractivity contribution is 5.85. The Morgan fingerprint density at radius 2 is 2.09 bits per heavy atom. The topological polar surface area (TPSA) is 96.9 Å². The summed E-state index contributed by atoms with van der Waals surface area (Å²) < 4.78 is 4.97.